The molecule has 0 spiro atoms. The van der Waals surface area contributed by atoms with Crippen LogP contribution in [-0.4, -0.2) is 9.97 Å². The normalized spacial score (nSPS) is 11.1. The van der Waals surface area contributed by atoms with Gasteiger partial charge in [0.1, 0.15) is 22.9 Å². The van der Waals surface area contributed by atoms with Gasteiger partial charge in [-0.1, -0.05) is 12.1 Å². The fraction of sp³-hybridized carbons (Fsp3) is 0.105. The first-order chi connectivity index (χ1) is 12.8. The second-order valence-corrected chi connectivity index (χ2v) is 5.66. The zero-order valence-electron chi connectivity index (χ0n) is 14.0. The van der Waals surface area contributed by atoms with Gasteiger partial charge in [-0.2, -0.15) is 18.4 Å². The van der Waals surface area contributed by atoms with Crippen molar-refractivity contribution in [2.45, 2.75) is 13.1 Å². The van der Waals surface area contributed by atoms with E-state index in [1.807, 2.05) is 6.07 Å². The Bertz CT molecular complexity index is 1080. The molecule has 0 unspecified atom stereocenters. The van der Waals surface area contributed by atoms with Crippen molar-refractivity contribution in [2.24, 2.45) is 0 Å². The number of aryl methyl sites for hydroxylation is 1. The van der Waals surface area contributed by atoms with Crippen molar-refractivity contribution in [2.75, 3.05) is 0 Å². The summed E-state index contributed by atoms with van der Waals surface area (Å²) in [6.07, 6.45) is -3.38. The molecule has 0 saturated heterocycles. The third kappa shape index (κ3) is 3.82. The quantitative estimate of drug-likeness (QED) is 0.739. The molecule has 2 heterocycles. The first kappa shape index (κ1) is 18.2. The lowest BCUT2D eigenvalue weighted by molar-refractivity contribution is -0.138. The van der Waals surface area contributed by atoms with Crippen molar-refractivity contribution in [1.29, 1.82) is 5.26 Å². The summed E-state index contributed by atoms with van der Waals surface area (Å²) in [5, 5.41) is 9.20. The Kier molecular flexibility index (Phi) is 4.69. The van der Waals surface area contributed by atoms with Crippen molar-refractivity contribution in [3.63, 3.8) is 0 Å². The Hall–Kier alpha value is -3.60. The fourth-order valence-corrected chi connectivity index (χ4v) is 2.53. The van der Waals surface area contributed by atoms with Crippen LogP contribution in [0.3, 0.4) is 0 Å². The monoisotopic (exact) mass is 371 g/mol. The molecule has 2 aromatic heterocycles. The minimum absolute atomic E-state index is 0.0432. The van der Waals surface area contributed by atoms with Gasteiger partial charge in [-0.15, -0.1) is 0 Å². The smallest absolute Gasteiger partial charge is 0.421 e. The summed E-state index contributed by atoms with van der Waals surface area (Å²) in [6, 6.07) is 11.6. The van der Waals surface area contributed by atoms with Crippen LogP contribution in [0.15, 0.2) is 53.5 Å². The molecule has 1 aromatic carbocycles. The van der Waals surface area contributed by atoms with Gasteiger partial charge in [-0.25, -0.2) is 4.98 Å². The Morgan fingerprint density at radius 1 is 1.19 bits per heavy atom. The van der Waals surface area contributed by atoms with Crippen LogP contribution >= 0.6 is 0 Å². The largest absolute Gasteiger partial charge is 0.438 e. The van der Waals surface area contributed by atoms with Crippen LogP contribution < -0.4 is 10.3 Å². The minimum atomic E-state index is -4.59. The molecule has 0 amide bonds. The van der Waals surface area contributed by atoms with Crippen molar-refractivity contribution >= 4 is 0 Å². The van der Waals surface area contributed by atoms with Crippen LogP contribution in [-0.2, 0) is 6.18 Å². The van der Waals surface area contributed by atoms with E-state index in [1.165, 1.54) is 24.4 Å². The number of H-pyrrole nitrogens is 1. The molecule has 27 heavy (non-hydrogen) atoms. The highest BCUT2D eigenvalue weighted by molar-refractivity contribution is 5.70. The molecule has 0 aliphatic carbocycles. The number of aromatic amines is 1. The number of rotatable bonds is 3. The van der Waals surface area contributed by atoms with Gasteiger partial charge >= 0.3 is 6.18 Å². The lowest BCUT2D eigenvalue weighted by Crippen LogP contribution is -2.12. The first-order valence-corrected chi connectivity index (χ1v) is 7.74. The zero-order valence-corrected chi connectivity index (χ0v) is 14.0. The van der Waals surface area contributed by atoms with Gasteiger partial charge in [-0.3, -0.25) is 4.79 Å². The number of pyridine rings is 2. The molecule has 0 bridgehead atoms. The molecule has 3 rings (SSSR count). The summed E-state index contributed by atoms with van der Waals surface area (Å²) < 4.78 is 44.3. The van der Waals surface area contributed by atoms with E-state index < -0.39 is 23.2 Å². The highest BCUT2D eigenvalue weighted by Gasteiger charge is 2.35. The van der Waals surface area contributed by atoms with Crippen LogP contribution in [0.5, 0.6) is 11.6 Å². The number of halogens is 3. The molecule has 136 valence electrons. The van der Waals surface area contributed by atoms with Crippen LogP contribution in [0.1, 0.15) is 16.8 Å². The van der Waals surface area contributed by atoms with Crippen LogP contribution in [0.2, 0.25) is 0 Å². The topological polar surface area (TPSA) is 78.8 Å². The van der Waals surface area contributed by atoms with E-state index in [-0.39, 0.29) is 11.3 Å². The SMILES string of the molecule is Cc1cc(-c2ccc(Oc3ncccc3C(F)(F)F)cc2)c(C#N)c(=O)[nH]1. The number of ether oxygens (including phenoxy) is 1. The van der Waals surface area contributed by atoms with E-state index in [4.69, 9.17) is 4.74 Å². The van der Waals surface area contributed by atoms with Crippen LogP contribution in [0, 0.1) is 18.3 Å². The van der Waals surface area contributed by atoms with Gasteiger partial charge in [0.05, 0.1) is 0 Å². The van der Waals surface area contributed by atoms with Gasteiger partial charge < -0.3 is 9.72 Å². The molecule has 1 N–H and O–H groups in total. The predicted octanol–water partition coefficient (Wildman–Crippen LogP) is 4.43. The predicted molar refractivity (Wildman–Crippen MR) is 91.3 cm³/mol. The molecule has 0 radical (unpaired) electrons. The Morgan fingerprint density at radius 3 is 2.52 bits per heavy atom. The third-order valence-corrected chi connectivity index (χ3v) is 3.74. The van der Waals surface area contributed by atoms with Crippen molar-refractivity contribution in [3.05, 3.63) is 75.8 Å². The maximum atomic E-state index is 13.0. The van der Waals surface area contributed by atoms with E-state index in [1.54, 1.807) is 25.1 Å². The van der Waals surface area contributed by atoms with E-state index in [0.29, 0.717) is 16.8 Å². The molecule has 3 aromatic rings. The van der Waals surface area contributed by atoms with Gasteiger partial charge in [0, 0.05) is 17.5 Å². The van der Waals surface area contributed by atoms with Gasteiger partial charge in [0.2, 0.25) is 5.88 Å². The summed E-state index contributed by atoms with van der Waals surface area (Å²) >= 11 is 0. The number of hydrogen-bond acceptors (Lipinski definition) is 4. The summed E-state index contributed by atoms with van der Waals surface area (Å²) in [6.45, 7) is 1.68. The van der Waals surface area contributed by atoms with E-state index in [2.05, 4.69) is 9.97 Å². The second kappa shape index (κ2) is 6.96. The van der Waals surface area contributed by atoms with E-state index >= 15 is 0 Å². The Labute approximate surface area is 151 Å². The minimum Gasteiger partial charge on any atom is -0.438 e. The maximum absolute atomic E-state index is 13.0. The van der Waals surface area contributed by atoms with Crippen molar-refractivity contribution < 1.29 is 17.9 Å². The molecule has 0 aliphatic rings. The van der Waals surface area contributed by atoms with Crippen LogP contribution in [0.25, 0.3) is 11.1 Å². The lowest BCUT2D eigenvalue weighted by Gasteiger charge is -2.12. The molecule has 8 heteroatoms. The highest BCUT2D eigenvalue weighted by Crippen LogP contribution is 2.36. The molecule has 0 atom stereocenters. The average Bonchev–Trinajstić information content (AvgIpc) is 2.61. The number of nitrogens with zero attached hydrogens (tertiary/aromatic N) is 2. The molecule has 5 nitrogen and oxygen atoms in total. The summed E-state index contributed by atoms with van der Waals surface area (Å²) in [4.78, 5) is 18.1. The van der Waals surface area contributed by atoms with E-state index in [0.717, 1.165) is 6.07 Å². The van der Waals surface area contributed by atoms with Crippen molar-refractivity contribution in [3.8, 4) is 28.8 Å². The number of alkyl halides is 3. The Morgan fingerprint density at radius 2 is 1.89 bits per heavy atom. The molecule has 0 aliphatic heterocycles. The number of hydrogen-bond donors (Lipinski definition) is 1. The summed E-state index contributed by atoms with van der Waals surface area (Å²) in [5.74, 6) is -0.412. The number of benzene rings is 1. The Balaban J connectivity index is 1.95. The number of nitriles is 1. The van der Waals surface area contributed by atoms with Crippen LogP contribution in [0.4, 0.5) is 13.2 Å². The highest BCUT2D eigenvalue weighted by atomic mass is 19.4. The zero-order chi connectivity index (χ0) is 19.6. The van der Waals surface area contributed by atoms with Crippen molar-refractivity contribution in [1.82, 2.24) is 9.97 Å². The summed E-state index contributed by atoms with van der Waals surface area (Å²) in [7, 11) is 0. The lowest BCUT2D eigenvalue weighted by atomic mass is 10.0. The number of aromatic nitrogens is 2. The average molecular weight is 371 g/mol. The third-order valence-electron chi connectivity index (χ3n) is 3.74. The molecule has 0 saturated carbocycles. The van der Waals surface area contributed by atoms with Gasteiger partial charge in [0.15, 0.2) is 0 Å². The van der Waals surface area contributed by atoms with E-state index in [9.17, 15) is 23.2 Å². The molecular weight excluding hydrogens is 359 g/mol. The fourth-order valence-electron chi connectivity index (χ4n) is 2.53. The van der Waals surface area contributed by atoms with Gasteiger partial charge in [-0.05, 0) is 42.8 Å². The second-order valence-electron chi connectivity index (χ2n) is 5.66. The molecule has 0 fully saturated rings. The van der Waals surface area contributed by atoms with Gasteiger partial charge in [0.25, 0.3) is 5.56 Å². The summed E-state index contributed by atoms with van der Waals surface area (Å²) in [5.41, 5.74) is 0.0439. The molecular formula is C19H12F3N3O2. The first-order valence-electron chi connectivity index (χ1n) is 7.74. The number of nitrogens with one attached hydrogen (secondary N) is 1. The standard InChI is InChI=1S/C19H12F3N3O2/c1-11-9-14(15(10-23)17(26)25-11)12-4-6-13(7-5-12)27-18-16(19(20,21)22)3-2-8-24-18/h2-9H,1H3,(H,25,26). The maximum Gasteiger partial charge on any atom is 0.421 e.